The molecule has 6 heteroatoms. The highest BCUT2D eigenvalue weighted by Crippen LogP contribution is 2.20. The zero-order valence-electron chi connectivity index (χ0n) is 12.7. The molecule has 0 radical (unpaired) electrons. The summed E-state index contributed by atoms with van der Waals surface area (Å²) in [5.74, 6) is 0.0449. The Morgan fingerprint density at radius 2 is 1.95 bits per heavy atom. The van der Waals surface area contributed by atoms with Gasteiger partial charge in [0.05, 0.1) is 5.71 Å². The number of likely N-dealkylation sites (N-methyl/N-ethyl adjacent to an activating group) is 1. The van der Waals surface area contributed by atoms with Gasteiger partial charge in [0.15, 0.2) is 0 Å². The van der Waals surface area contributed by atoms with E-state index in [4.69, 9.17) is 16.4 Å². The molecular weight excluding hydrogens is 302 g/mol. The number of rotatable bonds is 3. The van der Waals surface area contributed by atoms with E-state index in [-0.39, 0.29) is 5.91 Å². The van der Waals surface area contributed by atoms with Gasteiger partial charge in [-0.15, -0.1) is 0 Å². The van der Waals surface area contributed by atoms with E-state index in [0.29, 0.717) is 11.4 Å². The van der Waals surface area contributed by atoms with Crippen molar-refractivity contribution in [2.75, 3.05) is 32.7 Å². The molecule has 1 aromatic carbocycles. The zero-order chi connectivity index (χ0) is 15.5. The molecule has 1 fully saturated rings. The Hall–Kier alpha value is -1.59. The summed E-state index contributed by atoms with van der Waals surface area (Å²) < 4.78 is 0. The van der Waals surface area contributed by atoms with Crippen LogP contribution in [0.4, 0.5) is 0 Å². The minimum atomic E-state index is -0.487. The number of benzene rings is 1. The number of halogens is 1. The lowest BCUT2D eigenvalue weighted by Gasteiger charge is -2.34. The van der Waals surface area contributed by atoms with Crippen LogP contribution in [0.3, 0.4) is 0 Å². The monoisotopic (exact) mass is 321 g/mol. The lowest BCUT2D eigenvalue weighted by atomic mass is 10.0. The first-order valence-corrected chi connectivity index (χ1v) is 8.05. The van der Waals surface area contributed by atoms with E-state index < -0.39 is 6.10 Å². The van der Waals surface area contributed by atoms with Crippen LogP contribution in [-0.4, -0.2) is 60.2 Å². The summed E-state index contributed by atoms with van der Waals surface area (Å²) in [4.78, 5) is 22.1. The predicted molar refractivity (Wildman–Crippen MR) is 86.2 cm³/mol. The van der Waals surface area contributed by atoms with E-state index in [1.165, 1.54) is 0 Å². The average molecular weight is 322 g/mol. The summed E-state index contributed by atoms with van der Waals surface area (Å²) >= 11 is 5.89. The smallest absolute Gasteiger partial charge is 0.266 e. The topological polar surface area (TPSA) is 45.1 Å². The third-order valence-electron chi connectivity index (χ3n) is 4.25. The normalized spacial score (nSPS) is 22.4. The molecule has 22 heavy (non-hydrogen) atoms. The molecule has 0 N–H and O–H groups in total. The van der Waals surface area contributed by atoms with E-state index in [9.17, 15) is 4.79 Å². The van der Waals surface area contributed by atoms with E-state index in [2.05, 4.69) is 17.0 Å². The number of amides is 1. The van der Waals surface area contributed by atoms with Crippen LogP contribution in [0.25, 0.3) is 0 Å². The molecule has 0 aromatic heterocycles. The van der Waals surface area contributed by atoms with Crippen molar-refractivity contribution in [1.82, 2.24) is 9.80 Å². The lowest BCUT2D eigenvalue weighted by Crippen LogP contribution is -2.51. The standard InChI is InChI=1S/C16H20ClN3O2/c1-2-19-7-9-20(10-8-19)16(21)15-11-14(18-22-15)12-3-5-13(17)6-4-12/h3-6,15H,2,7-11H2,1H3/t15-/m0/s1. The van der Waals surface area contributed by atoms with Crippen molar-refractivity contribution in [1.29, 1.82) is 0 Å². The number of nitrogens with zero attached hydrogens (tertiary/aromatic N) is 3. The summed E-state index contributed by atoms with van der Waals surface area (Å²) in [5.41, 5.74) is 1.76. The second-order valence-electron chi connectivity index (χ2n) is 5.60. The minimum Gasteiger partial charge on any atom is -0.382 e. The molecule has 0 spiro atoms. The molecule has 5 nitrogen and oxygen atoms in total. The fourth-order valence-corrected chi connectivity index (χ4v) is 2.94. The first kappa shape index (κ1) is 15.3. The van der Waals surface area contributed by atoms with Crippen molar-refractivity contribution in [3.8, 4) is 0 Å². The van der Waals surface area contributed by atoms with Crippen molar-refractivity contribution >= 4 is 23.2 Å². The molecule has 0 bridgehead atoms. The molecule has 1 amide bonds. The second kappa shape index (κ2) is 6.67. The molecule has 0 aliphatic carbocycles. The Morgan fingerprint density at radius 3 is 2.59 bits per heavy atom. The SMILES string of the molecule is CCN1CCN(C(=O)[C@@H]2CC(c3ccc(Cl)cc3)=NO2)CC1. The number of carbonyl (C=O) groups excluding carboxylic acids is 1. The Morgan fingerprint density at radius 1 is 1.27 bits per heavy atom. The van der Waals surface area contributed by atoms with E-state index in [1.54, 1.807) is 0 Å². The number of piperazine rings is 1. The van der Waals surface area contributed by atoms with Crippen LogP contribution in [0.5, 0.6) is 0 Å². The van der Waals surface area contributed by atoms with Crippen LogP contribution in [0.1, 0.15) is 18.9 Å². The molecule has 3 rings (SSSR count). The molecule has 0 saturated carbocycles. The Labute approximate surface area is 135 Å². The summed E-state index contributed by atoms with van der Waals surface area (Å²) in [6.45, 7) is 6.57. The van der Waals surface area contributed by atoms with Crippen molar-refractivity contribution < 1.29 is 9.63 Å². The highest BCUT2D eigenvalue weighted by molar-refractivity contribution is 6.30. The van der Waals surface area contributed by atoms with Crippen molar-refractivity contribution in [2.45, 2.75) is 19.4 Å². The molecule has 2 aliphatic rings. The molecule has 2 heterocycles. The Kier molecular flexibility index (Phi) is 4.64. The molecule has 118 valence electrons. The number of carbonyl (C=O) groups is 1. The fourth-order valence-electron chi connectivity index (χ4n) is 2.81. The van der Waals surface area contributed by atoms with E-state index in [0.717, 1.165) is 44.0 Å². The Bertz CT molecular complexity index is 565. The van der Waals surface area contributed by atoms with Crippen molar-refractivity contribution in [3.05, 3.63) is 34.9 Å². The van der Waals surface area contributed by atoms with Gasteiger partial charge in [-0.2, -0.15) is 0 Å². The summed E-state index contributed by atoms with van der Waals surface area (Å²) in [7, 11) is 0. The maximum absolute atomic E-state index is 12.5. The predicted octanol–water partition coefficient (Wildman–Crippen LogP) is 2.00. The van der Waals surface area contributed by atoms with Gasteiger partial charge in [0.2, 0.25) is 6.10 Å². The molecule has 1 aromatic rings. The highest BCUT2D eigenvalue weighted by atomic mass is 35.5. The van der Waals surface area contributed by atoms with Crippen molar-refractivity contribution in [3.63, 3.8) is 0 Å². The second-order valence-corrected chi connectivity index (χ2v) is 6.04. The summed E-state index contributed by atoms with van der Waals surface area (Å²) in [6, 6.07) is 7.44. The van der Waals surface area contributed by atoms with Crippen LogP contribution in [0.2, 0.25) is 5.02 Å². The highest BCUT2D eigenvalue weighted by Gasteiger charge is 2.33. The molecule has 1 saturated heterocycles. The number of oxime groups is 1. The zero-order valence-corrected chi connectivity index (χ0v) is 13.4. The van der Waals surface area contributed by atoms with Gasteiger partial charge >= 0.3 is 0 Å². The maximum atomic E-state index is 12.5. The quantitative estimate of drug-likeness (QED) is 0.855. The molecular formula is C16H20ClN3O2. The first-order chi connectivity index (χ1) is 10.7. The minimum absolute atomic E-state index is 0.0449. The van der Waals surface area contributed by atoms with Gasteiger partial charge in [0, 0.05) is 37.6 Å². The summed E-state index contributed by atoms with van der Waals surface area (Å²) in [5, 5.41) is 4.76. The van der Waals surface area contributed by atoms with Gasteiger partial charge in [0.1, 0.15) is 0 Å². The van der Waals surface area contributed by atoms with Crippen molar-refractivity contribution in [2.24, 2.45) is 5.16 Å². The molecule has 2 aliphatic heterocycles. The third kappa shape index (κ3) is 3.25. The van der Waals surface area contributed by atoms with Gasteiger partial charge < -0.3 is 14.6 Å². The maximum Gasteiger partial charge on any atom is 0.266 e. The number of hydrogen-bond acceptors (Lipinski definition) is 4. The number of hydrogen-bond donors (Lipinski definition) is 0. The van der Waals surface area contributed by atoms with Gasteiger partial charge in [-0.25, -0.2) is 0 Å². The summed E-state index contributed by atoms with van der Waals surface area (Å²) in [6.07, 6.45) is 0.0351. The Balaban J connectivity index is 1.57. The largest absolute Gasteiger partial charge is 0.382 e. The van der Waals surface area contributed by atoms with Gasteiger partial charge in [-0.1, -0.05) is 35.8 Å². The molecule has 1 atom stereocenters. The van der Waals surface area contributed by atoms with Crippen LogP contribution < -0.4 is 0 Å². The van der Waals surface area contributed by atoms with Crippen LogP contribution in [0, 0.1) is 0 Å². The van der Waals surface area contributed by atoms with Crippen LogP contribution >= 0.6 is 11.6 Å². The van der Waals surface area contributed by atoms with Crippen LogP contribution in [0.15, 0.2) is 29.4 Å². The van der Waals surface area contributed by atoms with E-state index >= 15 is 0 Å². The van der Waals surface area contributed by atoms with Gasteiger partial charge in [-0.05, 0) is 24.2 Å². The van der Waals surface area contributed by atoms with E-state index in [1.807, 2.05) is 29.2 Å². The van der Waals surface area contributed by atoms with Crippen LogP contribution in [-0.2, 0) is 9.63 Å². The lowest BCUT2D eigenvalue weighted by molar-refractivity contribution is -0.143. The third-order valence-corrected chi connectivity index (χ3v) is 4.50. The first-order valence-electron chi connectivity index (χ1n) is 7.67. The fraction of sp³-hybridized carbons (Fsp3) is 0.500. The van der Waals surface area contributed by atoms with Gasteiger partial charge in [-0.3, -0.25) is 4.79 Å². The average Bonchev–Trinajstić information content (AvgIpc) is 3.05. The molecule has 0 unspecified atom stereocenters. The van der Waals surface area contributed by atoms with Gasteiger partial charge in [0.25, 0.3) is 5.91 Å².